The van der Waals surface area contributed by atoms with Crippen LogP contribution in [0.3, 0.4) is 0 Å². The molecule has 0 saturated carbocycles. The second-order valence-corrected chi connectivity index (χ2v) is 5.67. The van der Waals surface area contributed by atoms with E-state index in [2.05, 4.69) is 10.3 Å². The van der Waals surface area contributed by atoms with Crippen molar-refractivity contribution in [1.29, 1.82) is 0 Å². The van der Waals surface area contributed by atoms with Crippen LogP contribution in [0.5, 0.6) is 0 Å². The Balaban J connectivity index is 1.92. The second kappa shape index (κ2) is 6.67. The molecule has 2 N–H and O–H groups in total. The van der Waals surface area contributed by atoms with Crippen LogP contribution in [0.2, 0.25) is 0 Å². The van der Waals surface area contributed by atoms with E-state index in [0.717, 1.165) is 10.7 Å². The van der Waals surface area contributed by atoms with E-state index in [1.54, 1.807) is 12.3 Å². The number of carbonyl (C=O) groups excluding carboxylic acids is 1. The minimum absolute atomic E-state index is 0.0352. The summed E-state index contributed by atoms with van der Waals surface area (Å²) in [6.07, 6.45) is 1.83. The van der Waals surface area contributed by atoms with Crippen molar-refractivity contribution >= 4 is 17.2 Å². The molecule has 2 unspecified atom stereocenters. The minimum atomic E-state index is -0.0888. The first-order valence-electron chi connectivity index (χ1n) is 6.48. The first-order chi connectivity index (χ1) is 9.60. The van der Waals surface area contributed by atoms with Gasteiger partial charge in [-0.25, -0.2) is 4.98 Å². The molecule has 2 aromatic heterocycles. The van der Waals surface area contributed by atoms with Gasteiger partial charge in [0.25, 0.3) is 0 Å². The predicted octanol–water partition coefficient (Wildman–Crippen LogP) is 2.08. The number of nitrogens with zero attached hydrogens (tertiary/aromatic N) is 1. The highest BCUT2D eigenvalue weighted by molar-refractivity contribution is 7.13. The minimum Gasteiger partial charge on any atom is -0.462 e. The van der Waals surface area contributed by atoms with Crippen LogP contribution in [0.1, 0.15) is 19.5 Å². The lowest BCUT2D eigenvalue weighted by Gasteiger charge is -2.18. The Morgan fingerprint density at radius 2 is 2.35 bits per heavy atom. The fourth-order valence-electron chi connectivity index (χ4n) is 1.67. The van der Waals surface area contributed by atoms with Gasteiger partial charge < -0.3 is 14.8 Å². The van der Waals surface area contributed by atoms with E-state index in [4.69, 9.17) is 9.52 Å². The number of amides is 1. The van der Waals surface area contributed by atoms with E-state index in [-0.39, 0.29) is 30.9 Å². The van der Waals surface area contributed by atoms with Gasteiger partial charge in [0.15, 0.2) is 10.8 Å². The van der Waals surface area contributed by atoms with E-state index >= 15 is 0 Å². The standard InChI is InChI=1S/C14H18N2O3S/c1-9(7-17)10(2)15-13(18)6-11-8-20-14(16-11)12-4-3-5-19-12/h3-5,8-10,17H,6-7H2,1-2H3,(H,15,18). The molecule has 2 atom stereocenters. The number of aromatic nitrogens is 1. The van der Waals surface area contributed by atoms with E-state index in [9.17, 15) is 4.79 Å². The summed E-state index contributed by atoms with van der Waals surface area (Å²) >= 11 is 1.45. The molecule has 2 heterocycles. The van der Waals surface area contributed by atoms with Crippen LogP contribution in [-0.4, -0.2) is 28.6 Å². The first kappa shape index (κ1) is 14.7. The third-order valence-electron chi connectivity index (χ3n) is 3.16. The SMILES string of the molecule is CC(CO)C(C)NC(=O)Cc1csc(-c2ccco2)n1. The number of carbonyl (C=O) groups is 1. The van der Waals surface area contributed by atoms with Gasteiger partial charge in [0, 0.05) is 18.0 Å². The molecular weight excluding hydrogens is 276 g/mol. The van der Waals surface area contributed by atoms with Crippen LogP contribution in [0, 0.1) is 5.92 Å². The topological polar surface area (TPSA) is 75.4 Å². The molecule has 0 aliphatic heterocycles. The Bertz CT molecular complexity index is 551. The number of nitrogens with one attached hydrogen (secondary N) is 1. The molecular formula is C14H18N2O3S. The molecule has 2 aromatic rings. The van der Waals surface area contributed by atoms with Crippen molar-refractivity contribution in [2.75, 3.05) is 6.61 Å². The molecule has 20 heavy (non-hydrogen) atoms. The third-order valence-corrected chi connectivity index (χ3v) is 4.06. The zero-order chi connectivity index (χ0) is 14.5. The number of hydrogen-bond donors (Lipinski definition) is 2. The molecule has 2 rings (SSSR count). The molecule has 0 aliphatic rings. The van der Waals surface area contributed by atoms with Gasteiger partial charge >= 0.3 is 0 Å². The zero-order valence-electron chi connectivity index (χ0n) is 11.5. The number of aliphatic hydroxyl groups excluding tert-OH is 1. The summed E-state index contributed by atoms with van der Waals surface area (Å²) in [6, 6.07) is 3.59. The average molecular weight is 294 g/mol. The van der Waals surface area contributed by atoms with Crippen LogP contribution in [0.25, 0.3) is 10.8 Å². The number of furan rings is 1. The fourth-order valence-corrected chi connectivity index (χ4v) is 2.46. The number of aliphatic hydroxyl groups is 1. The van der Waals surface area contributed by atoms with Gasteiger partial charge in [-0.3, -0.25) is 4.79 Å². The molecule has 0 saturated heterocycles. The molecule has 0 spiro atoms. The molecule has 0 radical (unpaired) electrons. The first-order valence-corrected chi connectivity index (χ1v) is 7.36. The van der Waals surface area contributed by atoms with Crippen molar-refractivity contribution in [2.24, 2.45) is 5.92 Å². The number of hydrogen-bond acceptors (Lipinski definition) is 5. The number of rotatable bonds is 6. The summed E-state index contributed by atoms with van der Waals surface area (Å²) < 4.78 is 5.27. The van der Waals surface area contributed by atoms with Crippen LogP contribution >= 0.6 is 11.3 Å². The van der Waals surface area contributed by atoms with Crippen LogP contribution in [0.15, 0.2) is 28.2 Å². The lowest BCUT2D eigenvalue weighted by Crippen LogP contribution is -2.39. The Morgan fingerprint density at radius 3 is 3.00 bits per heavy atom. The van der Waals surface area contributed by atoms with Crippen molar-refractivity contribution in [1.82, 2.24) is 10.3 Å². The summed E-state index contributed by atoms with van der Waals surface area (Å²) in [5, 5.41) is 14.5. The van der Waals surface area contributed by atoms with Gasteiger partial charge in [-0.1, -0.05) is 6.92 Å². The molecule has 0 aromatic carbocycles. The van der Waals surface area contributed by atoms with Crippen molar-refractivity contribution in [3.05, 3.63) is 29.5 Å². The summed E-state index contributed by atoms with van der Waals surface area (Å²) in [6.45, 7) is 3.83. The highest BCUT2D eigenvalue weighted by atomic mass is 32.1. The van der Waals surface area contributed by atoms with Gasteiger partial charge in [0.2, 0.25) is 5.91 Å². The van der Waals surface area contributed by atoms with Crippen molar-refractivity contribution < 1.29 is 14.3 Å². The van der Waals surface area contributed by atoms with E-state index in [1.807, 2.05) is 25.3 Å². The zero-order valence-corrected chi connectivity index (χ0v) is 12.3. The van der Waals surface area contributed by atoms with Gasteiger partial charge in [-0.05, 0) is 25.0 Å². The van der Waals surface area contributed by atoms with Gasteiger partial charge in [-0.15, -0.1) is 11.3 Å². The van der Waals surface area contributed by atoms with E-state index in [1.165, 1.54) is 11.3 Å². The van der Waals surface area contributed by atoms with Gasteiger partial charge in [0.05, 0.1) is 18.4 Å². The quantitative estimate of drug-likeness (QED) is 0.855. The monoisotopic (exact) mass is 294 g/mol. The van der Waals surface area contributed by atoms with Crippen LogP contribution < -0.4 is 5.32 Å². The summed E-state index contributed by atoms with van der Waals surface area (Å²) in [4.78, 5) is 16.3. The van der Waals surface area contributed by atoms with Crippen molar-refractivity contribution in [3.63, 3.8) is 0 Å². The molecule has 1 amide bonds. The highest BCUT2D eigenvalue weighted by Gasteiger charge is 2.15. The number of thiazole rings is 1. The lowest BCUT2D eigenvalue weighted by molar-refractivity contribution is -0.121. The highest BCUT2D eigenvalue weighted by Crippen LogP contribution is 2.24. The smallest absolute Gasteiger partial charge is 0.226 e. The normalized spacial score (nSPS) is 13.9. The molecule has 6 heteroatoms. The van der Waals surface area contributed by atoms with E-state index in [0.29, 0.717) is 5.76 Å². The third kappa shape index (κ3) is 3.68. The average Bonchev–Trinajstić information content (AvgIpc) is 3.07. The van der Waals surface area contributed by atoms with Crippen LogP contribution in [-0.2, 0) is 11.2 Å². The largest absolute Gasteiger partial charge is 0.462 e. The maximum absolute atomic E-state index is 11.9. The van der Waals surface area contributed by atoms with Crippen molar-refractivity contribution in [2.45, 2.75) is 26.3 Å². The molecule has 0 bridgehead atoms. The van der Waals surface area contributed by atoms with E-state index < -0.39 is 0 Å². The lowest BCUT2D eigenvalue weighted by atomic mass is 10.1. The Morgan fingerprint density at radius 1 is 1.55 bits per heavy atom. The predicted molar refractivity (Wildman–Crippen MR) is 77.4 cm³/mol. The Kier molecular flexibility index (Phi) is 4.92. The fraction of sp³-hybridized carbons (Fsp3) is 0.429. The van der Waals surface area contributed by atoms with Gasteiger partial charge in [0.1, 0.15) is 0 Å². The summed E-state index contributed by atoms with van der Waals surface area (Å²) in [5.74, 6) is 0.658. The molecule has 5 nitrogen and oxygen atoms in total. The summed E-state index contributed by atoms with van der Waals surface area (Å²) in [5.41, 5.74) is 0.725. The Hall–Kier alpha value is -1.66. The van der Waals surface area contributed by atoms with Gasteiger partial charge in [-0.2, -0.15) is 0 Å². The van der Waals surface area contributed by atoms with Crippen molar-refractivity contribution in [3.8, 4) is 10.8 Å². The maximum atomic E-state index is 11.9. The van der Waals surface area contributed by atoms with Crippen LogP contribution in [0.4, 0.5) is 0 Å². The molecule has 0 aliphatic carbocycles. The molecule has 0 fully saturated rings. The Labute approximate surface area is 121 Å². The second-order valence-electron chi connectivity index (χ2n) is 4.81. The molecule has 108 valence electrons. The maximum Gasteiger partial charge on any atom is 0.226 e. The summed E-state index contributed by atoms with van der Waals surface area (Å²) in [7, 11) is 0.